The van der Waals surface area contributed by atoms with Crippen LogP contribution in [0.3, 0.4) is 0 Å². The maximum atomic E-state index is 12.2. The zero-order valence-electron chi connectivity index (χ0n) is 13.7. The van der Waals surface area contributed by atoms with Gasteiger partial charge in [-0.05, 0) is 43.2 Å². The number of amides is 1. The van der Waals surface area contributed by atoms with Gasteiger partial charge in [0.2, 0.25) is 0 Å². The Balaban J connectivity index is 1.88. The molecule has 2 heterocycles. The molecule has 0 saturated heterocycles. The number of carbonyl (C=O) groups excluding carboxylic acids is 1. The highest BCUT2D eigenvalue weighted by Gasteiger charge is 2.15. The van der Waals surface area contributed by atoms with E-state index in [1.807, 2.05) is 25.3 Å². The quantitative estimate of drug-likeness (QED) is 0.778. The first-order chi connectivity index (χ1) is 11.6. The molecule has 0 aliphatic rings. The predicted molar refractivity (Wildman–Crippen MR) is 95.8 cm³/mol. The number of thiazole rings is 1. The normalized spacial score (nSPS) is 10.5. The summed E-state index contributed by atoms with van der Waals surface area (Å²) in [5.74, 6) is 0.579. The number of ether oxygens (including phenoxy) is 1. The highest BCUT2D eigenvalue weighted by molar-refractivity contribution is 7.14. The fraction of sp³-hybridized carbons (Fsp3) is 0.167. The van der Waals surface area contributed by atoms with Crippen molar-refractivity contribution in [1.29, 1.82) is 0 Å². The summed E-state index contributed by atoms with van der Waals surface area (Å²) in [6.07, 6.45) is 3.17. The van der Waals surface area contributed by atoms with Crippen molar-refractivity contribution in [2.45, 2.75) is 13.8 Å². The molecule has 24 heavy (non-hydrogen) atoms. The van der Waals surface area contributed by atoms with Crippen molar-refractivity contribution in [2.75, 3.05) is 12.4 Å². The van der Waals surface area contributed by atoms with Crippen LogP contribution in [0.25, 0.3) is 11.3 Å². The first-order valence-corrected chi connectivity index (χ1v) is 8.29. The molecular weight excluding hydrogens is 322 g/mol. The molecule has 0 saturated carbocycles. The van der Waals surface area contributed by atoms with Crippen LogP contribution in [-0.2, 0) is 0 Å². The molecule has 0 spiro atoms. The largest absolute Gasteiger partial charge is 0.496 e. The fourth-order valence-corrected chi connectivity index (χ4v) is 3.23. The molecule has 2 aromatic heterocycles. The van der Waals surface area contributed by atoms with E-state index in [2.05, 4.69) is 21.4 Å². The van der Waals surface area contributed by atoms with Crippen molar-refractivity contribution in [3.8, 4) is 17.0 Å². The lowest BCUT2D eigenvalue weighted by atomic mass is 10.0. The number of rotatable bonds is 4. The third-order valence-electron chi connectivity index (χ3n) is 3.59. The predicted octanol–water partition coefficient (Wildman–Crippen LogP) is 4.08. The number of hydrogen-bond donors (Lipinski definition) is 1. The van der Waals surface area contributed by atoms with Crippen LogP contribution in [0.5, 0.6) is 5.75 Å². The van der Waals surface area contributed by atoms with E-state index in [1.54, 1.807) is 31.6 Å². The van der Waals surface area contributed by atoms with E-state index in [1.165, 1.54) is 11.3 Å². The van der Waals surface area contributed by atoms with E-state index < -0.39 is 0 Å². The smallest absolute Gasteiger partial charge is 0.257 e. The van der Waals surface area contributed by atoms with Crippen LogP contribution in [-0.4, -0.2) is 23.0 Å². The summed E-state index contributed by atoms with van der Waals surface area (Å²) in [6.45, 7) is 4.06. The van der Waals surface area contributed by atoms with Gasteiger partial charge in [0, 0.05) is 28.9 Å². The van der Waals surface area contributed by atoms with Crippen molar-refractivity contribution in [2.24, 2.45) is 0 Å². The lowest BCUT2D eigenvalue weighted by Crippen LogP contribution is -2.11. The van der Waals surface area contributed by atoms with Gasteiger partial charge in [0.1, 0.15) is 5.75 Å². The fourth-order valence-electron chi connectivity index (χ4n) is 2.54. The average Bonchev–Trinajstić information content (AvgIpc) is 3.02. The van der Waals surface area contributed by atoms with Crippen molar-refractivity contribution in [3.05, 3.63) is 58.7 Å². The molecule has 3 rings (SSSR count). The lowest BCUT2D eigenvalue weighted by molar-refractivity contribution is 0.102. The molecule has 1 amide bonds. The minimum Gasteiger partial charge on any atom is -0.496 e. The molecule has 0 aliphatic heterocycles. The maximum absolute atomic E-state index is 12.2. The molecule has 0 fully saturated rings. The minimum absolute atomic E-state index is 0.203. The van der Waals surface area contributed by atoms with E-state index in [9.17, 15) is 4.79 Å². The van der Waals surface area contributed by atoms with Crippen LogP contribution in [0.1, 0.15) is 21.5 Å². The Hall–Kier alpha value is -2.73. The van der Waals surface area contributed by atoms with Crippen LogP contribution in [0.2, 0.25) is 0 Å². The van der Waals surface area contributed by atoms with Gasteiger partial charge in [-0.25, -0.2) is 4.98 Å². The Morgan fingerprint density at radius 2 is 1.96 bits per heavy atom. The molecule has 3 aromatic rings. The Morgan fingerprint density at radius 1 is 1.21 bits per heavy atom. The van der Waals surface area contributed by atoms with Crippen LogP contribution in [0.4, 0.5) is 5.13 Å². The Kier molecular flexibility index (Phi) is 4.57. The molecule has 0 radical (unpaired) electrons. The number of aromatic nitrogens is 2. The van der Waals surface area contributed by atoms with Gasteiger partial charge in [-0.3, -0.25) is 15.1 Å². The minimum atomic E-state index is -0.203. The standard InChI is InChI=1S/C18H17N3O2S/c1-11-8-12(2)16(15(9-11)23-3)14-10-24-18(20-14)21-17(22)13-4-6-19-7-5-13/h4-10H,1-3H3,(H,20,21,22). The number of nitrogens with one attached hydrogen (secondary N) is 1. The Bertz CT molecular complexity index is 875. The maximum Gasteiger partial charge on any atom is 0.257 e. The third kappa shape index (κ3) is 3.28. The number of methoxy groups -OCH3 is 1. The zero-order chi connectivity index (χ0) is 17.1. The van der Waals surface area contributed by atoms with Crippen LogP contribution < -0.4 is 10.1 Å². The molecular formula is C18H17N3O2S. The second-order valence-corrected chi connectivity index (χ2v) is 6.25. The van der Waals surface area contributed by atoms with E-state index >= 15 is 0 Å². The highest BCUT2D eigenvalue weighted by Crippen LogP contribution is 2.35. The number of nitrogens with zero attached hydrogens (tertiary/aromatic N) is 2. The molecule has 0 bridgehead atoms. The SMILES string of the molecule is COc1cc(C)cc(C)c1-c1csc(NC(=O)c2ccncc2)n1. The number of benzene rings is 1. The monoisotopic (exact) mass is 339 g/mol. The Morgan fingerprint density at radius 3 is 2.67 bits per heavy atom. The molecule has 0 unspecified atom stereocenters. The molecule has 1 aromatic carbocycles. The van der Waals surface area contributed by atoms with Gasteiger partial charge < -0.3 is 4.74 Å². The number of carbonyl (C=O) groups is 1. The second kappa shape index (κ2) is 6.80. The van der Waals surface area contributed by atoms with Gasteiger partial charge in [-0.15, -0.1) is 11.3 Å². The molecule has 5 nitrogen and oxygen atoms in total. The van der Waals surface area contributed by atoms with Crippen LogP contribution >= 0.6 is 11.3 Å². The summed E-state index contributed by atoms with van der Waals surface area (Å²) in [7, 11) is 1.65. The third-order valence-corrected chi connectivity index (χ3v) is 4.34. The molecule has 0 atom stereocenters. The van der Waals surface area contributed by atoms with Crippen molar-refractivity contribution >= 4 is 22.4 Å². The summed E-state index contributed by atoms with van der Waals surface area (Å²) < 4.78 is 5.49. The number of hydrogen-bond acceptors (Lipinski definition) is 5. The van der Waals surface area contributed by atoms with Gasteiger partial charge in [0.25, 0.3) is 5.91 Å². The van der Waals surface area contributed by atoms with Crippen LogP contribution in [0.15, 0.2) is 42.0 Å². The number of anilines is 1. The zero-order valence-corrected chi connectivity index (χ0v) is 14.5. The second-order valence-electron chi connectivity index (χ2n) is 5.39. The summed E-state index contributed by atoms with van der Waals surface area (Å²) in [5.41, 5.74) is 4.51. The van der Waals surface area contributed by atoms with Gasteiger partial charge in [0.15, 0.2) is 5.13 Å². The van der Waals surface area contributed by atoms with Gasteiger partial charge in [0.05, 0.1) is 12.8 Å². The summed E-state index contributed by atoms with van der Waals surface area (Å²) in [4.78, 5) is 20.6. The number of pyridine rings is 1. The average molecular weight is 339 g/mol. The highest BCUT2D eigenvalue weighted by atomic mass is 32.1. The van der Waals surface area contributed by atoms with Gasteiger partial charge in [-0.2, -0.15) is 0 Å². The first kappa shape index (κ1) is 16.1. The van der Waals surface area contributed by atoms with Gasteiger partial charge in [-0.1, -0.05) is 6.07 Å². The summed E-state index contributed by atoms with van der Waals surface area (Å²) in [5, 5.41) is 5.29. The van der Waals surface area contributed by atoms with E-state index in [0.29, 0.717) is 10.7 Å². The van der Waals surface area contributed by atoms with E-state index in [0.717, 1.165) is 28.1 Å². The number of aryl methyl sites for hydroxylation is 2. The molecule has 6 heteroatoms. The molecule has 1 N–H and O–H groups in total. The van der Waals surface area contributed by atoms with Gasteiger partial charge >= 0.3 is 0 Å². The lowest BCUT2D eigenvalue weighted by Gasteiger charge is -2.11. The summed E-state index contributed by atoms with van der Waals surface area (Å²) in [6, 6.07) is 7.40. The van der Waals surface area contributed by atoms with E-state index in [-0.39, 0.29) is 5.91 Å². The molecule has 122 valence electrons. The summed E-state index contributed by atoms with van der Waals surface area (Å²) >= 11 is 1.39. The van der Waals surface area contributed by atoms with Crippen molar-refractivity contribution < 1.29 is 9.53 Å². The topological polar surface area (TPSA) is 64.1 Å². The Labute approximate surface area is 144 Å². The van der Waals surface area contributed by atoms with Crippen molar-refractivity contribution in [1.82, 2.24) is 9.97 Å². The first-order valence-electron chi connectivity index (χ1n) is 7.41. The van der Waals surface area contributed by atoms with Crippen molar-refractivity contribution in [3.63, 3.8) is 0 Å². The van der Waals surface area contributed by atoms with E-state index in [4.69, 9.17) is 4.74 Å². The van der Waals surface area contributed by atoms with Crippen LogP contribution in [0, 0.1) is 13.8 Å². The molecule has 0 aliphatic carbocycles.